The molecule has 0 rings (SSSR count). The number of aliphatic hydroxyl groups is 2. The lowest BCUT2D eigenvalue weighted by Gasteiger charge is -2.03. The molecular weight excluding hydrogens is 180 g/mol. The van der Waals surface area contributed by atoms with Gasteiger partial charge in [-0.2, -0.15) is 0 Å². The predicted octanol–water partition coefficient (Wildman–Crippen LogP) is 1.96. The minimum Gasteiger partial charge on any atom is -0.346 e. The first-order valence-electron chi connectivity index (χ1n) is 4.79. The van der Waals surface area contributed by atoms with Crippen LogP contribution in [0.5, 0.6) is 0 Å². The van der Waals surface area contributed by atoms with Crippen LogP contribution in [0.2, 0.25) is 0 Å². The molecule has 0 atom stereocenters. The van der Waals surface area contributed by atoms with Crippen LogP contribution in [0.1, 0.15) is 33.6 Å². The number of hydrogen-bond acceptors (Lipinski definition) is 3. The highest BCUT2D eigenvalue weighted by Gasteiger charge is 1.93. The molecule has 0 unspecified atom stereocenters. The number of ether oxygens (including phenoxy) is 1. The summed E-state index contributed by atoms with van der Waals surface area (Å²) in [4.78, 5) is 0. The molecule has 3 nitrogen and oxygen atoms in total. The Morgan fingerprint density at radius 3 is 2.36 bits per heavy atom. The van der Waals surface area contributed by atoms with Crippen molar-refractivity contribution in [1.82, 2.24) is 0 Å². The monoisotopic (exact) mass is 200 g/mol. The predicted molar refractivity (Wildman–Crippen MR) is 56.6 cm³/mol. The van der Waals surface area contributed by atoms with Crippen LogP contribution >= 0.6 is 0 Å². The second-order valence-corrected chi connectivity index (χ2v) is 3.53. The first-order chi connectivity index (χ1) is 6.52. The quantitative estimate of drug-likeness (QED) is 0.509. The molecule has 3 heteroatoms. The van der Waals surface area contributed by atoms with E-state index in [0.29, 0.717) is 0 Å². The van der Waals surface area contributed by atoms with E-state index < -0.39 is 6.48 Å². The third-order valence-corrected chi connectivity index (χ3v) is 1.77. The van der Waals surface area contributed by atoms with Crippen molar-refractivity contribution >= 4 is 0 Å². The van der Waals surface area contributed by atoms with Gasteiger partial charge in [0.05, 0.1) is 6.61 Å². The highest BCUT2D eigenvalue weighted by atomic mass is 16.7. The third kappa shape index (κ3) is 9.45. The summed E-state index contributed by atoms with van der Waals surface area (Å²) in [7, 11) is 0. The van der Waals surface area contributed by atoms with E-state index in [2.05, 4.69) is 24.7 Å². The van der Waals surface area contributed by atoms with Crippen LogP contribution < -0.4 is 0 Å². The van der Waals surface area contributed by atoms with Crippen LogP contribution in [0, 0.1) is 0 Å². The zero-order chi connectivity index (χ0) is 11.0. The van der Waals surface area contributed by atoms with E-state index in [1.807, 2.05) is 13.0 Å². The Labute approximate surface area is 85.7 Å². The second kappa shape index (κ2) is 7.74. The number of aliphatic hydroxyl groups excluding tert-OH is 1. The van der Waals surface area contributed by atoms with Crippen molar-refractivity contribution in [3.05, 3.63) is 23.3 Å². The number of allylic oxidation sites excluding steroid dienone is 3. The molecule has 0 radical (unpaired) electrons. The SMILES string of the molecule is CC(C)=CCCC(C)=CCOC(O)O. The van der Waals surface area contributed by atoms with E-state index >= 15 is 0 Å². The van der Waals surface area contributed by atoms with Crippen LogP contribution in [0.25, 0.3) is 0 Å². The average Bonchev–Trinajstić information content (AvgIpc) is 2.02. The van der Waals surface area contributed by atoms with Crippen LogP contribution in [-0.2, 0) is 4.74 Å². The first kappa shape index (κ1) is 13.4. The van der Waals surface area contributed by atoms with Gasteiger partial charge in [-0.25, -0.2) is 0 Å². The molecule has 0 spiro atoms. The van der Waals surface area contributed by atoms with Gasteiger partial charge in [-0.05, 0) is 33.6 Å². The summed E-state index contributed by atoms with van der Waals surface area (Å²) < 4.78 is 4.56. The molecule has 0 fully saturated rings. The average molecular weight is 200 g/mol. The van der Waals surface area contributed by atoms with Gasteiger partial charge in [0.1, 0.15) is 0 Å². The largest absolute Gasteiger partial charge is 0.346 e. The van der Waals surface area contributed by atoms with E-state index in [1.165, 1.54) is 11.1 Å². The summed E-state index contributed by atoms with van der Waals surface area (Å²) in [6.45, 7) is 4.73. The van der Waals surface area contributed by atoms with E-state index in [1.54, 1.807) is 0 Å². The van der Waals surface area contributed by atoms with Crippen molar-refractivity contribution < 1.29 is 14.9 Å². The van der Waals surface area contributed by atoms with Gasteiger partial charge in [0.2, 0.25) is 0 Å². The first-order valence-corrected chi connectivity index (χ1v) is 4.79. The van der Waals surface area contributed by atoms with E-state index in [9.17, 15) is 0 Å². The van der Waals surface area contributed by atoms with Gasteiger partial charge >= 0.3 is 0 Å². The molecule has 0 saturated heterocycles. The lowest BCUT2D eigenvalue weighted by atomic mass is 10.1. The summed E-state index contributed by atoms with van der Waals surface area (Å²) >= 11 is 0. The fourth-order valence-corrected chi connectivity index (χ4v) is 0.967. The van der Waals surface area contributed by atoms with Crippen molar-refractivity contribution in [2.75, 3.05) is 6.61 Å². The molecule has 82 valence electrons. The van der Waals surface area contributed by atoms with Crippen LogP contribution in [0.4, 0.5) is 0 Å². The van der Waals surface area contributed by atoms with E-state index in [0.717, 1.165) is 12.8 Å². The summed E-state index contributed by atoms with van der Waals surface area (Å²) in [6.07, 6.45) is 6.04. The molecule has 0 aliphatic rings. The molecule has 14 heavy (non-hydrogen) atoms. The van der Waals surface area contributed by atoms with Crippen molar-refractivity contribution in [3.63, 3.8) is 0 Å². The molecule has 0 aliphatic carbocycles. The fraction of sp³-hybridized carbons (Fsp3) is 0.636. The molecule has 2 N–H and O–H groups in total. The van der Waals surface area contributed by atoms with Crippen LogP contribution in [-0.4, -0.2) is 23.3 Å². The highest BCUT2D eigenvalue weighted by molar-refractivity contribution is 5.02. The van der Waals surface area contributed by atoms with Gasteiger partial charge in [-0.15, -0.1) is 0 Å². The van der Waals surface area contributed by atoms with Crippen molar-refractivity contribution in [2.45, 2.75) is 40.1 Å². The summed E-state index contributed by atoms with van der Waals surface area (Å²) in [5, 5.41) is 16.8. The third-order valence-electron chi connectivity index (χ3n) is 1.77. The molecule has 0 bridgehead atoms. The summed E-state index contributed by atoms with van der Waals surface area (Å²) in [5.41, 5.74) is 2.52. The molecule has 0 aromatic carbocycles. The Balaban J connectivity index is 3.62. The smallest absolute Gasteiger partial charge is 0.266 e. The Bertz CT molecular complexity index is 201. The van der Waals surface area contributed by atoms with E-state index in [4.69, 9.17) is 10.2 Å². The summed E-state index contributed by atoms with van der Waals surface area (Å²) in [5.74, 6) is 0. The fourth-order valence-electron chi connectivity index (χ4n) is 0.967. The molecule has 0 amide bonds. The lowest BCUT2D eigenvalue weighted by Crippen LogP contribution is -2.09. The van der Waals surface area contributed by atoms with Gasteiger partial charge in [-0.3, -0.25) is 0 Å². The van der Waals surface area contributed by atoms with Gasteiger partial charge in [-0.1, -0.05) is 23.3 Å². The highest BCUT2D eigenvalue weighted by Crippen LogP contribution is 2.06. The normalized spacial score (nSPS) is 12.0. The van der Waals surface area contributed by atoms with Crippen LogP contribution in [0.15, 0.2) is 23.3 Å². The Kier molecular flexibility index (Phi) is 7.38. The van der Waals surface area contributed by atoms with E-state index in [-0.39, 0.29) is 6.61 Å². The molecule has 0 saturated carbocycles. The zero-order valence-corrected chi connectivity index (χ0v) is 9.16. The molecular formula is C11H20O3. The maximum absolute atomic E-state index is 8.41. The zero-order valence-electron chi connectivity index (χ0n) is 9.16. The molecule has 0 heterocycles. The number of hydrogen-bond donors (Lipinski definition) is 2. The van der Waals surface area contributed by atoms with Gasteiger partial charge < -0.3 is 14.9 Å². The van der Waals surface area contributed by atoms with Crippen LogP contribution in [0.3, 0.4) is 0 Å². The van der Waals surface area contributed by atoms with Gasteiger partial charge in [0.15, 0.2) is 0 Å². The topological polar surface area (TPSA) is 49.7 Å². The minimum atomic E-state index is -1.67. The Morgan fingerprint density at radius 1 is 1.21 bits per heavy atom. The van der Waals surface area contributed by atoms with Crippen molar-refractivity contribution in [1.29, 1.82) is 0 Å². The van der Waals surface area contributed by atoms with Gasteiger partial charge in [0, 0.05) is 0 Å². The molecule has 0 aliphatic heterocycles. The summed E-state index contributed by atoms with van der Waals surface area (Å²) in [6, 6.07) is 0. The second-order valence-electron chi connectivity index (χ2n) is 3.53. The lowest BCUT2D eigenvalue weighted by molar-refractivity contribution is -0.227. The van der Waals surface area contributed by atoms with Gasteiger partial charge in [0.25, 0.3) is 6.48 Å². The standard InChI is InChI=1S/C11H20O3/c1-9(2)5-4-6-10(3)7-8-14-11(12)13/h5,7,11-13H,4,6,8H2,1-3H3. The number of rotatable bonds is 6. The Morgan fingerprint density at radius 2 is 1.86 bits per heavy atom. The minimum absolute atomic E-state index is 0.248. The van der Waals surface area contributed by atoms with Crippen molar-refractivity contribution in [2.24, 2.45) is 0 Å². The molecule has 0 aromatic heterocycles. The maximum atomic E-state index is 8.41. The maximum Gasteiger partial charge on any atom is 0.266 e. The molecule has 0 aromatic rings. The van der Waals surface area contributed by atoms with Crippen molar-refractivity contribution in [3.8, 4) is 0 Å². The Hall–Kier alpha value is -0.640.